The lowest BCUT2D eigenvalue weighted by Gasteiger charge is -2.05. The molecule has 0 N–H and O–H groups in total. The van der Waals surface area contributed by atoms with E-state index in [1.807, 2.05) is 25.1 Å². The second-order valence-electron chi connectivity index (χ2n) is 8.46. The first kappa shape index (κ1) is 25.5. The number of ether oxygens (including phenoxy) is 1. The maximum atomic E-state index is 13.2. The highest BCUT2D eigenvalue weighted by molar-refractivity contribution is 6.46. The summed E-state index contributed by atoms with van der Waals surface area (Å²) in [7, 11) is 0. The normalized spacial score (nSPS) is 11.5. The van der Waals surface area contributed by atoms with E-state index in [4.69, 9.17) is 4.74 Å². The monoisotopic (exact) mass is 498 g/mol. The van der Waals surface area contributed by atoms with Crippen LogP contribution in [-0.4, -0.2) is 33.8 Å². The third-order valence-electron chi connectivity index (χ3n) is 5.96. The fourth-order valence-corrected chi connectivity index (χ4v) is 4.29. The zero-order valence-electron chi connectivity index (χ0n) is 21.0. The van der Waals surface area contributed by atoms with Crippen LogP contribution < -0.4 is 4.74 Å². The third-order valence-corrected chi connectivity index (χ3v) is 5.96. The van der Waals surface area contributed by atoms with E-state index < -0.39 is 11.9 Å². The van der Waals surface area contributed by atoms with Crippen LogP contribution in [0.5, 0.6) is 5.75 Å². The van der Waals surface area contributed by atoms with Gasteiger partial charge >= 0.3 is 11.9 Å². The fraction of sp³-hybridized carbons (Fsp3) is 0.207. The van der Waals surface area contributed by atoms with E-state index in [-0.39, 0.29) is 17.3 Å². The van der Waals surface area contributed by atoms with Crippen LogP contribution in [0.2, 0.25) is 0 Å². The summed E-state index contributed by atoms with van der Waals surface area (Å²) in [5.74, 6) is -1.17. The average Bonchev–Trinajstić information content (AvgIpc) is 3.20. The second kappa shape index (κ2) is 10.6. The van der Waals surface area contributed by atoms with Crippen molar-refractivity contribution in [3.8, 4) is 5.75 Å². The van der Waals surface area contributed by atoms with Gasteiger partial charge in [0.2, 0.25) is 5.78 Å². The molecule has 1 heterocycles. The molecule has 8 heteroatoms. The van der Waals surface area contributed by atoms with E-state index in [0.717, 1.165) is 21.8 Å². The topological polar surface area (TPSA) is 104 Å². The molecule has 4 aromatic rings. The van der Waals surface area contributed by atoms with Crippen LogP contribution in [0.1, 0.15) is 60.4 Å². The van der Waals surface area contributed by atoms with Crippen molar-refractivity contribution in [2.24, 2.45) is 5.16 Å². The summed E-state index contributed by atoms with van der Waals surface area (Å²) < 4.78 is 7.16. The van der Waals surface area contributed by atoms with Crippen molar-refractivity contribution in [3.05, 3.63) is 77.4 Å². The molecule has 0 spiro atoms. The molecule has 0 aliphatic carbocycles. The van der Waals surface area contributed by atoms with Crippen molar-refractivity contribution in [2.45, 2.75) is 40.7 Å². The third kappa shape index (κ3) is 5.18. The Morgan fingerprint density at radius 1 is 0.757 bits per heavy atom. The summed E-state index contributed by atoms with van der Waals surface area (Å²) in [6.07, 6.45) is 0.301. The highest BCUT2D eigenvalue weighted by Gasteiger charge is 2.19. The number of fused-ring (bicyclic) bond motifs is 3. The zero-order chi connectivity index (χ0) is 26.7. The first-order chi connectivity index (χ1) is 17.7. The molecule has 0 atom stereocenters. The first-order valence-electron chi connectivity index (χ1n) is 11.9. The number of Topliss-reactive ketones (excluding diaryl/α,β-unsaturated/α-hetero) is 1. The molecule has 188 valence electrons. The molecule has 0 unspecified atom stereocenters. The van der Waals surface area contributed by atoms with E-state index in [2.05, 4.69) is 14.6 Å². The van der Waals surface area contributed by atoms with Crippen LogP contribution in [0.25, 0.3) is 21.8 Å². The van der Waals surface area contributed by atoms with E-state index in [1.165, 1.54) is 13.8 Å². The molecular formula is C29H26N2O6. The Balaban J connectivity index is 1.77. The van der Waals surface area contributed by atoms with Gasteiger partial charge in [0.15, 0.2) is 5.78 Å². The molecule has 1 aromatic heterocycles. The summed E-state index contributed by atoms with van der Waals surface area (Å²) in [4.78, 5) is 53.3. The van der Waals surface area contributed by atoms with Gasteiger partial charge in [0.05, 0.1) is 0 Å². The van der Waals surface area contributed by atoms with Crippen LogP contribution in [0.4, 0.5) is 0 Å². The molecule has 4 rings (SSSR count). The molecule has 0 saturated heterocycles. The predicted molar refractivity (Wildman–Crippen MR) is 140 cm³/mol. The second-order valence-corrected chi connectivity index (χ2v) is 8.46. The Bertz CT molecular complexity index is 1580. The lowest BCUT2D eigenvalue weighted by Crippen LogP contribution is -2.14. The minimum absolute atomic E-state index is 0.141. The SMILES string of the molecule is CC/C(=N\OC(C)=O)C(=O)c1ccc2c(c1)c1cc(C(=O)c3ccc(OC(C)=O)cc3)ccc1n2CC. The number of esters is 1. The van der Waals surface area contributed by atoms with Gasteiger partial charge in [0.25, 0.3) is 0 Å². The molecule has 37 heavy (non-hydrogen) atoms. The number of aromatic nitrogens is 1. The quantitative estimate of drug-likeness (QED) is 0.0795. The van der Waals surface area contributed by atoms with Crippen LogP contribution in [0.15, 0.2) is 65.8 Å². The number of hydrogen-bond donors (Lipinski definition) is 0. The fourth-order valence-electron chi connectivity index (χ4n) is 4.29. The molecule has 0 aliphatic heterocycles. The van der Waals surface area contributed by atoms with Gasteiger partial charge in [-0.3, -0.25) is 14.4 Å². The van der Waals surface area contributed by atoms with Gasteiger partial charge < -0.3 is 14.1 Å². The molecule has 0 saturated carbocycles. The number of carbonyl (C=O) groups is 4. The largest absolute Gasteiger partial charge is 0.427 e. The Hall–Kier alpha value is -4.59. The number of benzene rings is 3. The molecule has 3 aromatic carbocycles. The number of rotatable bonds is 8. The Kier molecular flexibility index (Phi) is 7.29. The smallest absolute Gasteiger partial charge is 0.331 e. The van der Waals surface area contributed by atoms with Gasteiger partial charge in [-0.1, -0.05) is 12.1 Å². The van der Waals surface area contributed by atoms with Gasteiger partial charge in [-0.25, -0.2) is 4.79 Å². The van der Waals surface area contributed by atoms with Crippen molar-refractivity contribution in [1.29, 1.82) is 0 Å². The highest BCUT2D eigenvalue weighted by Crippen LogP contribution is 2.31. The number of hydrogen-bond acceptors (Lipinski definition) is 7. The minimum atomic E-state index is -0.599. The predicted octanol–water partition coefficient (Wildman–Crippen LogP) is 5.48. The molecular weight excluding hydrogens is 472 g/mol. The molecule has 8 nitrogen and oxygen atoms in total. The number of carbonyl (C=O) groups excluding carboxylic acids is 4. The number of ketones is 2. The summed E-state index contributed by atoms with van der Waals surface area (Å²) in [5.41, 5.74) is 3.37. The Morgan fingerprint density at radius 2 is 1.32 bits per heavy atom. The molecule has 0 fully saturated rings. The summed E-state index contributed by atoms with van der Waals surface area (Å²) in [6, 6.07) is 17.3. The van der Waals surface area contributed by atoms with Crippen LogP contribution >= 0.6 is 0 Å². The van der Waals surface area contributed by atoms with Gasteiger partial charge in [-0.2, -0.15) is 0 Å². The summed E-state index contributed by atoms with van der Waals surface area (Å²) in [5, 5.41) is 5.38. The van der Waals surface area contributed by atoms with Crippen molar-refractivity contribution in [3.63, 3.8) is 0 Å². The van der Waals surface area contributed by atoms with Gasteiger partial charge in [0.1, 0.15) is 11.5 Å². The van der Waals surface area contributed by atoms with E-state index >= 15 is 0 Å². The van der Waals surface area contributed by atoms with Gasteiger partial charge in [-0.05, 0) is 74.0 Å². The lowest BCUT2D eigenvalue weighted by molar-refractivity contribution is -0.141. The van der Waals surface area contributed by atoms with Crippen LogP contribution in [-0.2, 0) is 21.0 Å². The van der Waals surface area contributed by atoms with E-state index in [1.54, 1.807) is 49.4 Å². The number of nitrogens with zero attached hydrogens (tertiary/aromatic N) is 2. The van der Waals surface area contributed by atoms with Crippen LogP contribution in [0, 0.1) is 0 Å². The molecule has 0 aliphatic rings. The van der Waals surface area contributed by atoms with Crippen LogP contribution in [0.3, 0.4) is 0 Å². The van der Waals surface area contributed by atoms with Crippen molar-refractivity contribution >= 4 is 51.0 Å². The Labute approximate surface area is 213 Å². The number of aryl methyl sites for hydroxylation is 1. The number of oxime groups is 1. The van der Waals surface area contributed by atoms with E-state index in [0.29, 0.717) is 35.4 Å². The van der Waals surface area contributed by atoms with Crippen molar-refractivity contribution in [2.75, 3.05) is 0 Å². The van der Waals surface area contributed by atoms with Crippen molar-refractivity contribution in [1.82, 2.24) is 4.57 Å². The van der Waals surface area contributed by atoms with Gasteiger partial charge in [-0.15, -0.1) is 0 Å². The average molecular weight is 499 g/mol. The van der Waals surface area contributed by atoms with Crippen molar-refractivity contribution < 1.29 is 28.8 Å². The first-order valence-corrected chi connectivity index (χ1v) is 11.9. The summed E-state index contributed by atoms with van der Waals surface area (Å²) >= 11 is 0. The maximum absolute atomic E-state index is 13.2. The molecule has 0 radical (unpaired) electrons. The van der Waals surface area contributed by atoms with E-state index in [9.17, 15) is 19.2 Å². The Morgan fingerprint density at radius 3 is 1.86 bits per heavy atom. The minimum Gasteiger partial charge on any atom is -0.427 e. The lowest BCUT2D eigenvalue weighted by atomic mass is 9.99. The highest BCUT2D eigenvalue weighted by atomic mass is 16.7. The molecule has 0 bridgehead atoms. The van der Waals surface area contributed by atoms with Gasteiger partial charge in [0, 0.05) is 58.9 Å². The summed E-state index contributed by atoms with van der Waals surface area (Å²) in [6.45, 7) is 7.03. The molecule has 0 amide bonds. The maximum Gasteiger partial charge on any atom is 0.331 e. The zero-order valence-corrected chi connectivity index (χ0v) is 21.0. The standard InChI is InChI=1S/C29H26N2O6/c1-5-25(30-37-18(4)33)29(35)21-10-14-27-24(16-21)23-15-20(9-13-26(23)31(27)6-2)28(34)19-7-11-22(12-8-19)36-17(3)32/h7-16H,5-6H2,1-4H3/b30-25+.